The number of alkyl halides is 3. The molecule has 2 rings (SSSR count). The van der Waals surface area contributed by atoms with Gasteiger partial charge in [-0.25, -0.2) is 4.98 Å². The van der Waals surface area contributed by atoms with Crippen LogP contribution in [0.5, 0.6) is 11.6 Å². The van der Waals surface area contributed by atoms with E-state index in [1.165, 1.54) is 0 Å². The molecule has 1 heterocycles. The highest BCUT2D eigenvalue weighted by atomic mass is 35.5. The monoisotopic (exact) mass is 537 g/mol. The lowest BCUT2D eigenvalue weighted by Crippen LogP contribution is -2.25. The lowest BCUT2D eigenvalue weighted by Gasteiger charge is -2.15. The topological polar surface area (TPSA) is 118 Å². The number of hydrogen-bond acceptors (Lipinski definition) is 8. The fraction of sp³-hybridized carbons (Fsp3) is 0.429. The van der Waals surface area contributed by atoms with Crippen molar-refractivity contribution in [3.63, 3.8) is 0 Å². The zero-order chi connectivity index (χ0) is 26.5. The molecule has 190 valence electrons. The number of aromatic nitrogens is 1. The van der Waals surface area contributed by atoms with Gasteiger partial charge >= 0.3 is 31.2 Å². The summed E-state index contributed by atoms with van der Waals surface area (Å²) in [6, 6.07) is 2.81. The molecule has 1 aromatic heterocycles. The normalized spacial score (nSPS) is 12.9. The molecule has 0 radical (unpaired) electrons. The number of carbonyl (C=O) groups excluding carboxylic acids is 1. The van der Waals surface area contributed by atoms with E-state index in [1.54, 1.807) is 27.7 Å². The Hall–Kier alpha value is -2.82. The number of benzene rings is 1. The fourth-order valence-electron chi connectivity index (χ4n) is 2.67. The van der Waals surface area contributed by atoms with Crippen molar-refractivity contribution in [3.8, 4) is 11.6 Å². The number of carbonyl (C=O) groups is 1. The Bertz CT molecular complexity index is 1130. The summed E-state index contributed by atoms with van der Waals surface area (Å²) in [7, 11) is -2.92. The molecule has 1 aromatic carbocycles. The third-order valence-electron chi connectivity index (χ3n) is 4.55. The highest BCUT2D eigenvalue weighted by molar-refractivity contribution is 7.48. The Morgan fingerprint density at radius 2 is 1.91 bits per heavy atom. The first-order valence-corrected chi connectivity index (χ1v) is 11.9. The highest BCUT2D eigenvalue weighted by Gasteiger charge is 2.40. The zero-order valence-electron chi connectivity index (χ0n) is 19.1. The number of rotatable bonds is 10. The maximum absolute atomic E-state index is 13.0. The third-order valence-corrected chi connectivity index (χ3v) is 5.98. The average Bonchev–Trinajstić information content (AvgIpc) is 2.78. The van der Waals surface area contributed by atoms with Crippen LogP contribution in [-0.2, 0) is 31.2 Å². The van der Waals surface area contributed by atoms with Crippen molar-refractivity contribution < 1.29 is 41.5 Å². The molecule has 0 aliphatic carbocycles. The summed E-state index contributed by atoms with van der Waals surface area (Å²) < 4.78 is 67.7. The number of nitro benzene ring substituents is 1. The number of hydrogen-bond donors (Lipinski definition) is 0. The van der Waals surface area contributed by atoms with Gasteiger partial charge in [0, 0.05) is 36.2 Å². The van der Waals surface area contributed by atoms with E-state index >= 15 is 0 Å². The predicted molar refractivity (Wildman–Crippen MR) is 120 cm³/mol. The molecule has 14 heteroatoms. The van der Waals surface area contributed by atoms with Gasteiger partial charge in [0.15, 0.2) is 0 Å². The predicted octanol–water partition coefficient (Wildman–Crippen LogP) is 6.34. The lowest BCUT2D eigenvalue weighted by atomic mass is 10.1. The lowest BCUT2D eigenvalue weighted by molar-refractivity contribution is -0.383. The van der Waals surface area contributed by atoms with E-state index in [4.69, 9.17) is 25.6 Å². The average molecular weight is 538 g/mol. The van der Waals surface area contributed by atoms with E-state index in [1.807, 2.05) is 0 Å². The van der Waals surface area contributed by atoms with Gasteiger partial charge in [-0.3, -0.25) is 14.9 Å². The second-order valence-corrected chi connectivity index (χ2v) is 9.10. The first-order chi connectivity index (χ1) is 16.3. The molecule has 0 amide bonds. The Morgan fingerprint density at radius 1 is 1.26 bits per heavy atom. The van der Waals surface area contributed by atoms with E-state index in [0.717, 1.165) is 12.1 Å². The minimum absolute atomic E-state index is 0.0353. The van der Waals surface area contributed by atoms with Gasteiger partial charge in [0.1, 0.15) is 10.8 Å². The summed E-state index contributed by atoms with van der Waals surface area (Å²) in [5.41, 5.74) is -1.35. The maximum atomic E-state index is 13.0. The summed E-state index contributed by atoms with van der Waals surface area (Å²) in [5, 5.41) is 10.8. The molecule has 0 N–H and O–H groups in total. The second-order valence-electron chi connectivity index (χ2n) is 7.49. The molecule has 9 nitrogen and oxygen atoms in total. The van der Waals surface area contributed by atoms with Crippen LogP contribution < -0.4 is 10.0 Å². The first kappa shape index (κ1) is 28.4. The van der Waals surface area contributed by atoms with Crippen molar-refractivity contribution in [3.05, 3.63) is 50.7 Å². The van der Waals surface area contributed by atoms with Crippen LogP contribution in [0.25, 0.3) is 0 Å². The van der Waals surface area contributed by atoms with Gasteiger partial charge in [0.25, 0.3) is 6.29 Å². The second kappa shape index (κ2) is 11.7. The summed E-state index contributed by atoms with van der Waals surface area (Å²) in [6.07, 6.45) is -5.14. The number of nitro groups is 1. The van der Waals surface area contributed by atoms with Crippen molar-refractivity contribution in [2.45, 2.75) is 53.0 Å². The molecule has 35 heavy (non-hydrogen) atoms. The molecule has 0 bridgehead atoms. The first-order valence-electron chi connectivity index (χ1n) is 10.3. The van der Waals surface area contributed by atoms with Crippen molar-refractivity contribution in [1.82, 2.24) is 4.98 Å². The molecule has 0 aliphatic heterocycles. The van der Waals surface area contributed by atoms with Crippen LogP contribution in [0.3, 0.4) is 0 Å². The van der Waals surface area contributed by atoms with Crippen LogP contribution >= 0.6 is 19.6 Å². The Labute approximate surface area is 204 Å². The van der Waals surface area contributed by atoms with E-state index < -0.39 is 53.6 Å². The summed E-state index contributed by atoms with van der Waals surface area (Å²) in [4.78, 5) is 26.1. The van der Waals surface area contributed by atoms with Crippen LogP contribution in [0.2, 0.25) is 5.02 Å². The van der Waals surface area contributed by atoms with Crippen LogP contribution in [0, 0.1) is 16.0 Å². The van der Waals surface area contributed by atoms with Gasteiger partial charge in [0.2, 0.25) is 5.88 Å². The zero-order valence-corrected chi connectivity index (χ0v) is 20.7. The molecular weight excluding hydrogens is 516 g/mol. The van der Waals surface area contributed by atoms with Crippen molar-refractivity contribution in [1.29, 1.82) is 0 Å². The maximum Gasteiger partial charge on any atom is 0.560 e. The molecule has 2 atom stereocenters. The number of esters is 1. The van der Waals surface area contributed by atoms with Crippen molar-refractivity contribution in [2.24, 2.45) is 5.92 Å². The van der Waals surface area contributed by atoms with Gasteiger partial charge in [-0.15, -0.1) is 0 Å². The third kappa shape index (κ3) is 7.33. The summed E-state index contributed by atoms with van der Waals surface area (Å²) in [6.45, 7) is 6.48. The smallest absolute Gasteiger partial charge is 0.437 e. The number of nitrogens with zero attached hydrogens (tertiary/aromatic N) is 2. The summed E-state index contributed by atoms with van der Waals surface area (Å²) in [5.74, 6) is -1.50. The van der Waals surface area contributed by atoms with E-state index in [2.05, 4.69) is 4.98 Å². The molecule has 2 unspecified atom stereocenters. The molecule has 0 saturated carbocycles. The van der Waals surface area contributed by atoms with Gasteiger partial charge in [-0.05, 0) is 17.1 Å². The van der Waals surface area contributed by atoms with Gasteiger partial charge in [0.05, 0.1) is 10.5 Å². The Balaban J connectivity index is 2.49. The highest BCUT2D eigenvalue weighted by Crippen LogP contribution is 2.39. The largest absolute Gasteiger partial charge is 0.560 e. The molecule has 0 spiro atoms. The van der Waals surface area contributed by atoms with E-state index in [0.29, 0.717) is 12.3 Å². The number of pyridine rings is 1. The molecule has 0 fully saturated rings. The van der Waals surface area contributed by atoms with Gasteiger partial charge < -0.3 is 9.47 Å². The van der Waals surface area contributed by atoms with Gasteiger partial charge in [-0.2, -0.15) is 13.2 Å². The Kier molecular flexibility index (Phi) is 9.53. The molecular formula is C21H22ClF3N2O7P+. The van der Waals surface area contributed by atoms with Crippen LogP contribution in [0.4, 0.5) is 18.9 Å². The standard InChI is InChI=1S/C21H22ClF3N2O7P/c1-5-12-7-15(27(29)30)17(35(31)34-20(11(3)4)33-18(28)6-2)9-16(12)32-19-14(22)8-13(10-26-19)21(23,24)25/h7-11,20H,5-6H2,1-4H3/q+1. The minimum atomic E-state index is -4.67. The fourth-order valence-corrected chi connectivity index (χ4v) is 4.02. The van der Waals surface area contributed by atoms with Gasteiger partial charge in [-0.1, -0.05) is 43.8 Å². The number of aryl methyl sites for hydroxylation is 1. The van der Waals surface area contributed by atoms with Crippen molar-refractivity contribution >= 4 is 36.6 Å². The minimum Gasteiger partial charge on any atom is -0.437 e. The van der Waals surface area contributed by atoms with E-state index in [9.17, 15) is 32.6 Å². The molecule has 0 saturated heterocycles. The SMILES string of the molecule is CCC(=O)OC(O[P+](=O)c1cc(Oc2ncc(C(F)(F)F)cc2Cl)c(CC)cc1[N+](=O)[O-])C(C)C. The van der Waals surface area contributed by atoms with Crippen LogP contribution in [0.15, 0.2) is 24.4 Å². The van der Waals surface area contributed by atoms with Crippen molar-refractivity contribution in [2.75, 3.05) is 0 Å². The molecule has 2 aromatic rings. The Morgan fingerprint density at radius 3 is 2.40 bits per heavy atom. The number of ether oxygens (including phenoxy) is 2. The number of halogens is 4. The van der Waals surface area contributed by atoms with Crippen LogP contribution in [0.1, 0.15) is 45.2 Å². The molecule has 0 aliphatic rings. The van der Waals surface area contributed by atoms with E-state index in [-0.39, 0.29) is 35.3 Å². The van der Waals surface area contributed by atoms with Crippen LogP contribution in [-0.4, -0.2) is 22.2 Å². The summed E-state index contributed by atoms with van der Waals surface area (Å²) >= 11 is 5.90. The quantitative estimate of drug-likeness (QED) is 0.113.